The fourth-order valence-corrected chi connectivity index (χ4v) is 3.73. The molecule has 3 unspecified atom stereocenters. The summed E-state index contributed by atoms with van der Waals surface area (Å²) >= 11 is 3.63. The molecule has 0 radical (unpaired) electrons. The van der Waals surface area contributed by atoms with Crippen LogP contribution in [0.4, 0.5) is 0 Å². The van der Waals surface area contributed by atoms with Gasteiger partial charge in [-0.2, -0.15) is 0 Å². The predicted molar refractivity (Wildman–Crippen MR) is 104 cm³/mol. The maximum absolute atomic E-state index is 10.1. The van der Waals surface area contributed by atoms with Gasteiger partial charge in [0.25, 0.3) is 0 Å². The standard InChI is InChI=1S/C21H25BrO4/c1-2-25-18-6-3-14(4-7-18)9-16-10-15(5-8-20(16)22)21-12-17(24)11-19(13-23)26-21/h3-8,10,17,19,21,23-24H,2,9,11-13H2,1H3. The zero-order valence-corrected chi connectivity index (χ0v) is 16.5. The van der Waals surface area contributed by atoms with E-state index in [9.17, 15) is 10.2 Å². The monoisotopic (exact) mass is 420 g/mol. The second kappa shape index (κ2) is 9.00. The van der Waals surface area contributed by atoms with Gasteiger partial charge in [0, 0.05) is 17.3 Å². The number of ether oxygens (including phenoxy) is 2. The molecule has 2 aromatic carbocycles. The molecule has 2 N–H and O–H groups in total. The fraction of sp³-hybridized carbons (Fsp3) is 0.429. The van der Waals surface area contributed by atoms with E-state index in [1.165, 1.54) is 5.56 Å². The number of hydrogen-bond donors (Lipinski definition) is 2. The van der Waals surface area contributed by atoms with Crippen molar-refractivity contribution >= 4 is 15.9 Å². The molecule has 1 aliphatic heterocycles. The lowest BCUT2D eigenvalue weighted by Crippen LogP contribution is -2.33. The summed E-state index contributed by atoms with van der Waals surface area (Å²) in [5.74, 6) is 0.878. The second-order valence-corrected chi connectivity index (χ2v) is 7.51. The predicted octanol–water partition coefficient (Wildman–Crippen LogP) is 4.01. The molecule has 0 aliphatic carbocycles. The molecule has 1 fully saturated rings. The van der Waals surface area contributed by atoms with Crippen molar-refractivity contribution in [3.63, 3.8) is 0 Å². The van der Waals surface area contributed by atoms with Crippen LogP contribution in [0.25, 0.3) is 0 Å². The van der Waals surface area contributed by atoms with Crippen molar-refractivity contribution in [2.45, 2.75) is 44.5 Å². The Kier molecular flexibility index (Phi) is 6.70. The van der Waals surface area contributed by atoms with Crippen LogP contribution in [0.1, 0.15) is 42.6 Å². The van der Waals surface area contributed by atoms with Gasteiger partial charge in [-0.05, 0) is 48.2 Å². The first-order chi connectivity index (χ1) is 12.6. The molecule has 3 rings (SSSR count). The summed E-state index contributed by atoms with van der Waals surface area (Å²) in [4.78, 5) is 0. The van der Waals surface area contributed by atoms with Crippen molar-refractivity contribution in [2.24, 2.45) is 0 Å². The Bertz CT molecular complexity index is 716. The van der Waals surface area contributed by atoms with Crippen molar-refractivity contribution in [1.82, 2.24) is 0 Å². The van der Waals surface area contributed by atoms with E-state index in [4.69, 9.17) is 9.47 Å². The zero-order chi connectivity index (χ0) is 18.5. The minimum absolute atomic E-state index is 0.0663. The van der Waals surface area contributed by atoms with E-state index in [0.29, 0.717) is 19.4 Å². The lowest BCUT2D eigenvalue weighted by molar-refractivity contribution is -0.113. The van der Waals surface area contributed by atoms with Gasteiger partial charge >= 0.3 is 0 Å². The van der Waals surface area contributed by atoms with Crippen LogP contribution < -0.4 is 4.74 Å². The first kappa shape index (κ1) is 19.4. The van der Waals surface area contributed by atoms with Crippen molar-refractivity contribution in [1.29, 1.82) is 0 Å². The van der Waals surface area contributed by atoms with Gasteiger partial charge in [-0.1, -0.05) is 40.2 Å². The van der Waals surface area contributed by atoms with Gasteiger partial charge in [-0.15, -0.1) is 0 Å². The molecule has 1 aliphatic rings. The maximum atomic E-state index is 10.1. The quantitative estimate of drug-likeness (QED) is 0.740. The van der Waals surface area contributed by atoms with E-state index < -0.39 is 6.10 Å². The zero-order valence-electron chi connectivity index (χ0n) is 14.9. The largest absolute Gasteiger partial charge is 0.494 e. The highest BCUT2D eigenvalue weighted by molar-refractivity contribution is 9.10. The summed E-state index contributed by atoms with van der Waals surface area (Å²) in [5, 5.41) is 19.4. The summed E-state index contributed by atoms with van der Waals surface area (Å²) < 4.78 is 12.5. The van der Waals surface area contributed by atoms with Crippen LogP contribution in [0.5, 0.6) is 5.75 Å². The van der Waals surface area contributed by atoms with Crippen molar-refractivity contribution in [3.8, 4) is 5.75 Å². The third-order valence-corrected chi connectivity index (χ3v) is 5.43. The number of rotatable bonds is 6. The molecule has 0 saturated carbocycles. The van der Waals surface area contributed by atoms with Gasteiger partial charge < -0.3 is 19.7 Å². The molecule has 0 bridgehead atoms. The van der Waals surface area contributed by atoms with E-state index in [0.717, 1.165) is 27.8 Å². The van der Waals surface area contributed by atoms with E-state index in [2.05, 4.69) is 34.1 Å². The topological polar surface area (TPSA) is 58.9 Å². The number of hydrogen-bond acceptors (Lipinski definition) is 4. The molecule has 1 saturated heterocycles. The molecular weight excluding hydrogens is 396 g/mol. The Morgan fingerprint density at radius 3 is 2.62 bits per heavy atom. The summed E-state index contributed by atoms with van der Waals surface area (Å²) in [7, 11) is 0. The summed E-state index contributed by atoms with van der Waals surface area (Å²) in [5.41, 5.74) is 3.39. The number of benzene rings is 2. The van der Waals surface area contributed by atoms with Gasteiger partial charge in [0.2, 0.25) is 0 Å². The first-order valence-corrected chi connectivity index (χ1v) is 9.82. The molecule has 0 spiro atoms. The highest BCUT2D eigenvalue weighted by Gasteiger charge is 2.29. The third kappa shape index (κ3) is 4.86. The van der Waals surface area contributed by atoms with Crippen molar-refractivity contribution in [2.75, 3.05) is 13.2 Å². The highest BCUT2D eigenvalue weighted by atomic mass is 79.9. The average Bonchev–Trinajstić information content (AvgIpc) is 2.64. The highest BCUT2D eigenvalue weighted by Crippen LogP contribution is 2.33. The SMILES string of the molecule is CCOc1ccc(Cc2cc(C3CC(O)CC(CO)O3)ccc2Br)cc1. The van der Waals surface area contributed by atoms with Gasteiger partial charge in [0.1, 0.15) is 5.75 Å². The Morgan fingerprint density at radius 1 is 1.15 bits per heavy atom. The molecular formula is C21H25BrO4. The first-order valence-electron chi connectivity index (χ1n) is 9.03. The number of aliphatic hydroxyl groups is 2. The lowest BCUT2D eigenvalue weighted by Gasteiger charge is -2.32. The van der Waals surface area contributed by atoms with Gasteiger partial charge in [-0.25, -0.2) is 0 Å². The third-order valence-electron chi connectivity index (χ3n) is 4.65. The summed E-state index contributed by atoms with van der Waals surface area (Å²) in [6.45, 7) is 2.57. The molecule has 0 aromatic heterocycles. The molecule has 2 aromatic rings. The Balaban J connectivity index is 1.77. The molecule has 3 atom stereocenters. The van der Waals surface area contributed by atoms with Crippen molar-refractivity contribution in [3.05, 3.63) is 63.6 Å². The Hall–Kier alpha value is -1.40. The van der Waals surface area contributed by atoms with E-state index >= 15 is 0 Å². The van der Waals surface area contributed by atoms with Crippen LogP contribution in [-0.4, -0.2) is 35.6 Å². The molecule has 5 heteroatoms. The van der Waals surface area contributed by atoms with E-state index in [1.54, 1.807) is 0 Å². The van der Waals surface area contributed by atoms with Crippen LogP contribution in [0.15, 0.2) is 46.9 Å². The smallest absolute Gasteiger partial charge is 0.119 e. The van der Waals surface area contributed by atoms with Gasteiger partial charge in [-0.3, -0.25) is 0 Å². The van der Waals surface area contributed by atoms with Crippen LogP contribution in [0.2, 0.25) is 0 Å². The van der Waals surface area contributed by atoms with Gasteiger partial charge in [0.15, 0.2) is 0 Å². The Morgan fingerprint density at radius 2 is 1.92 bits per heavy atom. The second-order valence-electron chi connectivity index (χ2n) is 6.66. The molecule has 140 valence electrons. The van der Waals surface area contributed by atoms with Gasteiger partial charge in [0.05, 0.1) is 31.5 Å². The Labute approximate surface area is 162 Å². The van der Waals surface area contributed by atoms with Crippen molar-refractivity contribution < 1.29 is 19.7 Å². The van der Waals surface area contributed by atoms with Crippen LogP contribution in [-0.2, 0) is 11.2 Å². The molecule has 1 heterocycles. The van der Waals surface area contributed by atoms with E-state index in [1.807, 2.05) is 31.2 Å². The minimum Gasteiger partial charge on any atom is -0.494 e. The fourth-order valence-electron chi connectivity index (χ4n) is 3.34. The number of halogens is 1. The van der Waals surface area contributed by atoms with Crippen LogP contribution in [0.3, 0.4) is 0 Å². The van der Waals surface area contributed by atoms with Crippen LogP contribution >= 0.6 is 15.9 Å². The van der Waals surface area contributed by atoms with Crippen LogP contribution in [0, 0.1) is 0 Å². The summed E-state index contributed by atoms with van der Waals surface area (Å²) in [6, 6.07) is 14.3. The normalized spacial score (nSPS) is 23.0. The number of aliphatic hydroxyl groups excluding tert-OH is 2. The lowest BCUT2D eigenvalue weighted by atomic mass is 9.94. The maximum Gasteiger partial charge on any atom is 0.119 e. The molecule has 4 nitrogen and oxygen atoms in total. The molecule has 0 amide bonds. The molecule has 26 heavy (non-hydrogen) atoms. The summed E-state index contributed by atoms with van der Waals surface area (Å²) in [6.07, 6.45) is 0.900. The minimum atomic E-state index is -0.441. The van der Waals surface area contributed by atoms with E-state index in [-0.39, 0.29) is 18.8 Å². The average molecular weight is 421 g/mol.